The smallest absolute Gasteiger partial charge is 0.387 e. The molecule has 0 unspecified atom stereocenters. The van der Waals surface area contributed by atoms with Crippen LogP contribution in [-0.2, 0) is 13.1 Å². The summed E-state index contributed by atoms with van der Waals surface area (Å²) in [5.74, 6) is -0.408. The van der Waals surface area contributed by atoms with E-state index < -0.39 is 12.4 Å². The molecule has 0 aliphatic carbocycles. The first-order valence-corrected chi connectivity index (χ1v) is 9.15. The summed E-state index contributed by atoms with van der Waals surface area (Å²) in [6.45, 7) is -0.237. The molecule has 8 heteroatoms. The van der Waals surface area contributed by atoms with Crippen LogP contribution in [0.15, 0.2) is 59.7 Å². The highest BCUT2D eigenvalue weighted by molar-refractivity contribution is 5.83. The molecule has 0 spiro atoms. The quantitative estimate of drug-likeness (QED) is 0.459. The third kappa shape index (κ3) is 5.37. The molecule has 29 heavy (non-hydrogen) atoms. The molecule has 0 fully saturated rings. The first-order valence-electron chi connectivity index (χ1n) is 9.15. The zero-order valence-electron chi connectivity index (χ0n) is 15.8. The lowest BCUT2D eigenvalue weighted by Gasteiger charge is -2.15. The number of aliphatic imine (C=N–C) groups is 1. The molecule has 1 aromatic heterocycles. The zero-order chi connectivity index (χ0) is 20.6. The molecule has 0 atom stereocenters. The Morgan fingerprint density at radius 1 is 1.10 bits per heavy atom. The van der Waals surface area contributed by atoms with Gasteiger partial charge in [0.2, 0.25) is 0 Å². The van der Waals surface area contributed by atoms with Crippen molar-refractivity contribution in [2.24, 2.45) is 4.99 Å². The van der Waals surface area contributed by atoms with Crippen LogP contribution in [0.2, 0.25) is 0 Å². The highest BCUT2D eigenvalue weighted by Gasteiger charge is 2.14. The Morgan fingerprint density at radius 2 is 1.93 bits per heavy atom. The summed E-state index contributed by atoms with van der Waals surface area (Å²) in [6.07, 6.45) is 1.72. The van der Waals surface area contributed by atoms with Gasteiger partial charge in [0.1, 0.15) is 11.6 Å². The van der Waals surface area contributed by atoms with E-state index in [9.17, 15) is 13.2 Å². The second-order valence-electron chi connectivity index (χ2n) is 6.13. The van der Waals surface area contributed by atoms with Crippen molar-refractivity contribution >= 4 is 16.9 Å². The molecule has 1 heterocycles. The van der Waals surface area contributed by atoms with Crippen LogP contribution >= 0.6 is 0 Å². The summed E-state index contributed by atoms with van der Waals surface area (Å²) >= 11 is 0. The number of para-hydroxylation sites is 1. The number of pyridine rings is 1. The number of nitrogens with one attached hydrogen (secondary N) is 2. The van der Waals surface area contributed by atoms with Crippen LogP contribution in [0.3, 0.4) is 0 Å². The maximum Gasteiger partial charge on any atom is 0.387 e. The van der Waals surface area contributed by atoms with Gasteiger partial charge in [-0.05, 0) is 36.8 Å². The van der Waals surface area contributed by atoms with Crippen molar-refractivity contribution in [3.63, 3.8) is 0 Å². The van der Waals surface area contributed by atoms with Crippen LogP contribution in [0.5, 0.6) is 5.75 Å². The van der Waals surface area contributed by atoms with Gasteiger partial charge in [-0.1, -0.05) is 24.3 Å². The summed E-state index contributed by atoms with van der Waals surface area (Å²) in [5, 5.41) is 7.03. The number of rotatable bonds is 7. The fourth-order valence-electron chi connectivity index (χ4n) is 2.89. The Hall–Kier alpha value is -3.29. The Bertz CT molecular complexity index is 989. The lowest BCUT2D eigenvalue weighted by molar-refractivity contribution is -0.0506. The standard InChI is InChI=1S/C21H21F3N4O/c1-2-25-21(27-12-14-10-11-26-18-8-4-3-6-15(14)18)28-13-16-17(22)7-5-9-19(16)29-20(23)24/h3-11,20H,2,12-13H2,1H3,(H2,25,27,28). The molecule has 2 aromatic carbocycles. The van der Waals surface area contributed by atoms with Gasteiger partial charge < -0.3 is 15.4 Å². The third-order valence-corrected chi connectivity index (χ3v) is 4.22. The maximum absolute atomic E-state index is 14.1. The summed E-state index contributed by atoms with van der Waals surface area (Å²) < 4.78 is 43.7. The zero-order valence-corrected chi connectivity index (χ0v) is 15.8. The number of alkyl halides is 2. The van der Waals surface area contributed by atoms with Crippen LogP contribution in [0.1, 0.15) is 18.1 Å². The topological polar surface area (TPSA) is 58.5 Å². The van der Waals surface area contributed by atoms with Gasteiger partial charge in [0.15, 0.2) is 5.96 Å². The number of ether oxygens (including phenoxy) is 1. The van der Waals surface area contributed by atoms with E-state index in [1.165, 1.54) is 18.2 Å². The van der Waals surface area contributed by atoms with Gasteiger partial charge in [0, 0.05) is 30.2 Å². The van der Waals surface area contributed by atoms with E-state index in [4.69, 9.17) is 0 Å². The molecule has 2 N–H and O–H groups in total. The number of nitrogens with zero attached hydrogens (tertiary/aromatic N) is 2. The first-order chi connectivity index (χ1) is 14.1. The SMILES string of the molecule is CCNC(=NCc1ccnc2ccccc12)NCc1c(F)cccc1OC(F)F. The van der Waals surface area contributed by atoms with Crippen molar-refractivity contribution in [3.05, 3.63) is 71.7 Å². The fraction of sp³-hybridized carbons (Fsp3) is 0.238. The summed E-state index contributed by atoms with van der Waals surface area (Å²) in [6, 6.07) is 13.5. The van der Waals surface area contributed by atoms with Gasteiger partial charge in [-0.15, -0.1) is 0 Å². The molecular weight excluding hydrogens is 381 g/mol. The summed E-state index contributed by atoms with van der Waals surface area (Å²) in [4.78, 5) is 8.85. The predicted octanol–water partition coefficient (Wildman–Crippen LogP) is 4.23. The van der Waals surface area contributed by atoms with Gasteiger partial charge in [0.05, 0.1) is 12.1 Å². The number of benzene rings is 2. The van der Waals surface area contributed by atoms with Crippen LogP contribution in [0.4, 0.5) is 13.2 Å². The number of guanidine groups is 1. The van der Waals surface area contributed by atoms with Crippen molar-refractivity contribution in [1.29, 1.82) is 0 Å². The van der Waals surface area contributed by atoms with Crippen molar-refractivity contribution < 1.29 is 17.9 Å². The minimum absolute atomic E-state index is 0.00719. The molecule has 0 saturated carbocycles. The molecular formula is C21H21F3N4O. The van der Waals surface area contributed by atoms with E-state index in [1.807, 2.05) is 37.3 Å². The Kier molecular flexibility index (Phi) is 6.89. The Labute approximate surface area is 166 Å². The van der Waals surface area contributed by atoms with Gasteiger partial charge in [-0.2, -0.15) is 8.78 Å². The third-order valence-electron chi connectivity index (χ3n) is 4.22. The molecule has 0 bridgehead atoms. The van der Waals surface area contributed by atoms with Gasteiger partial charge in [-0.3, -0.25) is 4.98 Å². The molecule has 3 aromatic rings. The molecule has 0 saturated heterocycles. The van der Waals surface area contributed by atoms with Crippen LogP contribution in [-0.4, -0.2) is 24.1 Å². The number of aromatic nitrogens is 1. The van der Waals surface area contributed by atoms with E-state index in [1.54, 1.807) is 6.20 Å². The van der Waals surface area contributed by atoms with Crippen molar-refractivity contribution in [1.82, 2.24) is 15.6 Å². The van der Waals surface area contributed by atoms with E-state index in [2.05, 4.69) is 25.3 Å². The second-order valence-corrected chi connectivity index (χ2v) is 6.13. The molecule has 152 valence electrons. The fourth-order valence-corrected chi connectivity index (χ4v) is 2.89. The molecule has 0 aliphatic heterocycles. The van der Waals surface area contributed by atoms with Crippen molar-refractivity contribution in [2.45, 2.75) is 26.6 Å². The lowest BCUT2D eigenvalue weighted by atomic mass is 10.1. The van der Waals surface area contributed by atoms with Crippen LogP contribution < -0.4 is 15.4 Å². The highest BCUT2D eigenvalue weighted by atomic mass is 19.3. The average Bonchev–Trinajstić information content (AvgIpc) is 2.71. The number of hydrogen-bond acceptors (Lipinski definition) is 3. The maximum atomic E-state index is 14.1. The van der Waals surface area contributed by atoms with Gasteiger partial charge in [0.25, 0.3) is 0 Å². The average molecular weight is 402 g/mol. The van der Waals surface area contributed by atoms with E-state index in [0.29, 0.717) is 19.0 Å². The summed E-state index contributed by atoms with van der Waals surface area (Å²) in [5.41, 5.74) is 1.87. The minimum atomic E-state index is -3.03. The van der Waals surface area contributed by atoms with E-state index in [-0.39, 0.29) is 17.9 Å². The molecule has 5 nitrogen and oxygen atoms in total. The molecule has 3 rings (SSSR count). The predicted molar refractivity (Wildman–Crippen MR) is 106 cm³/mol. The lowest BCUT2D eigenvalue weighted by Crippen LogP contribution is -2.37. The Balaban J connectivity index is 1.77. The van der Waals surface area contributed by atoms with Crippen LogP contribution in [0, 0.1) is 5.82 Å². The number of halogens is 3. The van der Waals surface area contributed by atoms with E-state index in [0.717, 1.165) is 16.5 Å². The van der Waals surface area contributed by atoms with Crippen molar-refractivity contribution in [2.75, 3.05) is 6.54 Å². The number of hydrogen-bond donors (Lipinski definition) is 2. The molecule has 0 radical (unpaired) electrons. The Morgan fingerprint density at radius 3 is 2.72 bits per heavy atom. The normalized spacial score (nSPS) is 11.7. The van der Waals surface area contributed by atoms with E-state index >= 15 is 0 Å². The largest absolute Gasteiger partial charge is 0.434 e. The second kappa shape index (κ2) is 9.77. The van der Waals surface area contributed by atoms with Crippen LogP contribution in [0.25, 0.3) is 10.9 Å². The van der Waals surface area contributed by atoms with Gasteiger partial charge >= 0.3 is 6.61 Å². The first kappa shape index (κ1) is 20.4. The molecule has 0 amide bonds. The highest BCUT2D eigenvalue weighted by Crippen LogP contribution is 2.23. The van der Waals surface area contributed by atoms with Gasteiger partial charge in [-0.25, -0.2) is 9.38 Å². The van der Waals surface area contributed by atoms with Crippen molar-refractivity contribution in [3.8, 4) is 5.75 Å². The number of fused-ring (bicyclic) bond motifs is 1. The minimum Gasteiger partial charge on any atom is -0.434 e. The summed E-state index contributed by atoms with van der Waals surface area (Å²) in [7, 11) is 0. The monoisotopic (exact) mass is 402 g/mol. The molecule has 0 aliphatic rings.